The first kappa shape index (κ1) is 21.7. The molecule has 0 saturated carbocycles. The zero-order valence-electron chi connectivity index (χ0n) is 17.6. The van der Waals surface area contributed by atoms with Gasteiger partial charge in [0.15, 0.2) is 0 Å². The zero-order valence-corrected chi connectivity index (χ0v) is 17.6. The second-order valence-electron chi connectivity index (χ2n) is 7.50. The van der Waals surface area contributed by atoms with Gasteiger partial charge < -0.3 is 15.4 Å². The van der Waals surface area contributed by atoms with Crippen LogP contribution in [0.3, 0.4) is 0 Å². The summed E-state index contributed by atoms with van der Waals surface area (Å²) in [6.07, 6.45) is 1.70. The Balaban J connectivity index is 1.69. The van der Waals surface area contributed by atoms with Crippen LogP contribution in [-0.4, -0.2) is 56.1 Å². The number of morpholine rings is 1. The molecule has 1 saturated heterocycles. The van der Waals surface area contributed by atoms with Gasteiger partial charge in [0.1, 0.15) is 5.70 Å². The molecule has 1 fully saturated rings. The minimum atomic E-state index is -0.309. The van der Waals surface area contributed by atoms with Crippen molar-refractivity contribution >= 4 is 17.9 Å². The molecule has 6 nitrogen and oxygen atoms in total. The lowest BCUT2D eigenvalue weighted by atomic mass is 10.1. The van der Waals surface area contributed by atoms with Crippen LogP contribution in [0.2, 0.25) is 0 Å². The zero-order chi connectivity index (χ0) is 21.3. The molecule has 0 unspecified atom stereocenters. The minimum Gasteiger partial charge on any atom is -0.379 e. The molecule has 2 aromatic rings. The first-order chi connectivity index (χ1) is 14.5. The summed E-state index contributed by atoms with van der Waals surface area (Å²) in [5.41, 5.74) is 3.79. The highest BCUT2D eigenvalue weighted by atomic mass is 16.5. The first-order valence-corrected chi connectivity index (χ1v) is 10.3. The summed E-state index contributed by atoms with van der Waals surface area (Å²) < 4.78 is 5.35. The Labute approximate surface area is 177 Å². The van der Waals surface area contributed by atoms with E-state index in [2.05, 4.69) is 15.5 Å². The van der Waals surface area contributed by atoms with E-state index in [1.165, 1.54) is 0 Å². The molecule has 0 aliphatic carbocycles. The van der Waals surface area contributed by atoms with Gasteiger partial charge in [-0.2, -0.15) is 0 Å². The van der Waals surface area contributed by atoms with E-state index in [0.29, 0.717) is 12.1 Å². The van der Waals surface area contributed by atoms with Gasteiger partial charge in [0.2, 0.25) is 0 Å². The van der Waals surface area contributed by atoms with Crippen molar-refractivity contribution in [3.8, 4) is 0 Å². The Morgan fingerprint density at radius 3 is 2.20 bits per heavy atom. The summed E-state index contributed by atoms with van der Waals surface area (Å²) in [5, 5.41) is 5.70. The molecule has 2 amide bonds. The molecule has 1 aliphatic heterocycles. The van der Waals surface area contributed by atoms with E-state index in [1.807, 2.05) is 50.2 Å². The van der Waals surface area contributed by atoms with Gasteiger partial charge in [0, 0.05) is 31.7 Å². The Kier molecular flexibility index (Phi) is 7.76. The highest BCUT2D eigenvalue weighted by Gasteiger charge is 2.16. The van der Waals surface area contributed by atoms with Crippen LogP contribution >= 0.6 is 0 Å². The van der Waals surface area contributed by atoms with Gasteiger partial charge in [-0.1, -0.05) is 47.5 Å². The van der Waals surface area contributed by atoms with Crippen molar-refractivity contribution < 1.29 is 14.3 Å². The molecule has 30 heavy (non-hydrogen) atoms. The van der Waals surface area contributed by atoms with Gasteiger partial charge in [-0.3, -0.25) is 14.5 Å². The highest BCUT2D eigenvalue weighted by Crippen LogP contribution is 2.10. The van der Waals surface area contributed by atoms with E-state index >= 15 is 0 Å². The van der Waals surface area contributed by atoms with Crippen LogP contribution in [0.25, 0.3) is 6.08 Å². The van der Waals surface area contributed by atoms with Crippen LogP contribution in [-0.2, 0) is 9.53 Å². The second-order valence-corrected chi connectivity index (χ2v) is 7.50. The number of rotatable bonds is 7. The topological polar surface area (TPSA) is 70.7 Å². The number of ether oxygens (including phenoxy) is 1. The highest BCUT2D eigenvalue weighted by molar-refractivity contribution is 6.05. The van der Waals surface area contributed by atoms with Crippen LogP contribution in [0.1, 0.15) is 27.0 Å². The van der Waals surface area contributed by atoms with Crippen molar-refractivity contribution in [2.24, 2.45) is 0 Å². The average Bonchev–Trinajstić information content (AvgIpc) is 2.76. The third-order valence-electron chi connectivity index (χ3n) is 5.01. The summed E-state index contributed by atoms with van der Waals surface area (Å²) in [7, 11) is 0. The van der Waals surface area contributed by atoms with E-state index in [0.717, 1.165) is 49.5 Å². The summed E-state index contributed by atoms with van der Waals surface area (Å²) >= 11 is 0. The third-order valence-corrected chi connectivity index (χ3v) is 5.01. The standard InChI is InChI=1S/C24H29N3O3/c1-18-3-7-20(8-4-18)17-22(26-23(28)21-9-5-19(2)6-10-21)24(29)25-11-12-27-13-15-30-16-14-27/h3-10,17H,11-16H2,1-2H3,(H,25,29)(H,26,28)/b22-17+. The van der Waals surface area contributed by atoms with Gasteiger partial charge in [0.05, 0.1) is 13.2 Å². The van der Waals surface area contributed by atoms with Crippen LogP contribution < -0.4 is 10.6 Å². The predicted octanol–water partition coefficient (Wildman–Crippen LogP) is 2.52. The molecule has 0 spiro atoms. The summed E-state index contributed by atoms with van der Waals surface area (Å²) in [6, 6.07) is 15.1. The van der Waals surface area contributed by atoms with Crippen LogP contribution in [0.15, 0.2) is 54.2 Å². The number of nitrogens with zero attached hydrogens (tertiary/aromatic N) is 1. The van der Waals surface area contributed by atoms with E-state index in [4.69, 9.17) is 4.74 Å². The number of amides is 2. The van der Waals surface area contributed by atoms with E-state index in [-0.39, 0.29) is 17.5 Å². The summed E-state index contributed by atoms with van der Waals surface area (Å²) in [4.78, 5) is 27.8. The monoisotopic (exact) mass is 407 g/mol. The van der Waals surface area contributed by atoms with Crippen molar-refractivity contribution in [3.05, 3.63) is 76.5 Å². The molecule has 0 bridgehead atoms. The minimum absolute atomic E-state index is 0.228. The van der Waals surface area contributed by atoms with Gasteiger partial charge in [0.25, 0.3) is 11.8 Å². The van der Waals surface area contributed by atoms with E-state index in [9.17, 15) is 9.59 Å². The quantitative estimate of drug-likeness (QED) is 0.692. The third kappa shape index (κ3) is 6.54. The molecule has 0 radical (unpaired) electrons. The number of carbonyl (C=O) groups excluding carboxylic acids is 2. The number of hydrogen-bond acceptors (Lipinski definition) is 4. The van der Waals surface area contributed by atoms with Crippen molar-refractivity contribution in [3.63, 3.8) is 0 Å². The molecule has 3 rings (SSSR count). The summed E-state index contributed by atoms with van der Waals surface area (Å²) in [6.45, 7) is 8.40. The lowest BCUT2D eigenvalue weighted by Crippen LogP contribution is -2.42. The smallest absolute Gasteiger partial charge is 0.267 e. The number of hydrogen-bond donors (Lipinski definition) is 2. The average molecular weight is 408 g/mol. The van der Waals surface area contributed by atoms with E-state index < -0.39 is 0 Å². The maximum absolute atomic E-state index is 12.8. The SMILES string of the molecule is Cc1ccc(/C=C(/NC(=O)c2ccc(C)cc2)C(=O)NCCN2CCOCC2)cc1. The van der Waals surface area contributed by atoms with Crippen molar-refractivity contribution in [2.75, 3.05) is 39.4 Å². The summed E-state index contributed by atoms with van der Waals surface area (Å²) in [5.74, 6) is -0.610. The molecule has 158 valence electrons. The molecule has 0 aromatic heterocycles. The Morgan fingerprint density at radius 1 is 0.967 bits per heavy atom. The molecular formula is C24H29N3O3. The number of nitrogens with one attached hydrogen (secondary N) is 2. The predicted molar refractivity (Wildman–Crippen MR) is 118 cm³/mol. The number of aryl methyl sites for hydroxylation is 2. The molecule has 0 atom stereocenters. The fraction of sp³-hybridized carbons (Fsp3) is 0.333. The van der Waals surface area contributed by atoms with Crippen LogP contribution in [0, 0.1) is 13.8 Å². The fourth-order valence-corrected chi connectivity index (χ4v) is 3.13. The van der Waals surface area contributed by atoms with Crippen LogP contribution in [0.4, 0.5) is 0 Å². The second kappa shape index (κ2) is 10.7. The van der Waals surface area contributed by atoms with Crippen molar-refractivity contribution in [1.29, 1.82) is 0 Å². The maximum atomic E-state index is 12.8. The van der Waals surface area contributed by atoms with Gasteiger partial charge >= 0.3 is 0 Å². The van der Waals surface area contributed by atoms with E-state index in [1.54, 1.807) is 18.2 Å². The van der Waals surface area contributed by atoms with Gasteiger partial charge in [-0.15, -0.1) is 0 Å². The molecule has 2 N–H and O–H groups in total. The number of benzene rings is 2. The molecule has 1 heterocycles. The number of carbonyl (C=O) groups is 2. The van der Waals surface area contributed by atoms with Gasteiger partial charge in [-0.05, 0) is 37.6 Å². The lowest BCUT2D eigenvalue weighted by molar-refractivity contribution is -0.117. The molecule has 6 heteroatoms. The van der Waals surface area contributed by atoms with Crippen molar-refractivity contribution in [1.82, 2.24) is 15.5 Å². The maximum Gasteiger partial charge on any atom is 0.267 e. The van der Waals surface area contributed by atoms with Crippen molar-refractivity contribution in [2.45, 2.75) is 13.8 Å². The molecule has 1 aliphatic rings. The lowest BCUT2D eigenvalue weighted by Gasteiger charge is -2.26. The normalized spacial score (nSPS) is 14.9. The molecule has 2 aromatic carbocycles. The fourth-order valence-electron chi connectivity index (χ4n) is 3.13. The van der Waals surface area contributed by atoms with Gasteiger partial charge in [-0.25, -0.2) is 0 Å². The largest absolute Gasteiger partial charge is 0.379 e. The van der Waals surface area contributed by atoms with Crippen LogP contribution in [0.5, 0.6) is 0 Å². The Bertz CT molecular complexity index is 883. The Hall–Kier alpha value is -2.96. The Morgan fingerprint density at radius 2 is 1.57 bits per heavy atom. The first-order valence-electron chi connectivity index (χ1n) is 10.3. The molecular weight excluding hydrogens is 378 g/mol.